The minimum absolute atomic E-state index is 0.0814. The molecule has 1 heterocycles. The monoisotopic (exact) mass is 463 g/mol. The first-order valence-corrected chi connectivity index (χ1v) is 9.82. The molecule has 1 aromatic carbocycles. The Morgan fingerprint density at radius 3 is 2.18 bits per heavy atom. The number of hydrogen-bond acceptors (Lipinski definition) is 10. The van der Waals surface area contributed by atoms with Crippen molar-refractivity contribution in [1.82, 2.24) is 10.6 Å². The molecule has 0 aromatic heterocycles. The van der Waals surface area contributed by atoms with Gasteiger partial charge in [-0.2, -0.15) is 0 Å². The van der Waals surface area contributed by atoms with Crippen LogP contribution in [0.2, 0.25) is 0 Å². The standard InChI is InChI=1S/C21H25N3O9/c1-12-17(20(26)30-3)19(18(13(2)23-12)21(27)31-4)14-7-5-6-8-15(14)32-11-16(25)22-9-10-33-24(28)29/h5-8,19,23H,9-11H2,1-4H3,(H,22,25). The Balaban J connectivity index is 2.35. The van der Waals surface area contributed by atoms with Crippen LogP contribution in [0.1, 0.15) is 25.3 Å². The molecule has 12 heteroatoms. The second kappa shape index (κ2) is 11.5. The van der Waals surface area contributed by atoms with Crippen molar-refractivity contribution in [3.05, 3.63) is 62.5 Å². The second-order valence-corrected chi connectivity index (χ2v) is 6.85. The van der Waals surface area contributed by atoms with Crippen LogP contribution in [-0.2, 0) is 28.7 Å². The van der Waals surface area contributed by atoms with E-state index in [1.54, 1.807) is 38.1 Å². The normalized spacial score (nSPS) is 13.7. The molecule has 0 saturated carbocycles. The Hall–Kier alpha value is -4.09. The third kappa shape index (κ3) is 6.21. The van der Waals surface area contributed by atoms with Crippen LogP contribution < -0.4 is 15.4 Å². The number of carbonyl (C=O) groups excluding carboxylic acids is 3. The lowest BCUT2D eigenvalue weighted by Gasteiger charge is -2.30. The molecule has 0 unspecified atom stereocenters. The zero-order chi connectivity index (χ0) is 24.5. The molecule has 1 aliphatic rings. The zero-order valence-corrected chi connectivity index (χ0v) is 18.6. The van der Waals surface area contributed by atoms with Crippen molar-refractivity contribution in [3.63, 3.8) is 0 Å². The molecule has 2 rings (SSSR count). The van der Waals surface area contributed by atoms with E-state index in [1.165, 1.54) is 14.2 Å². The summed E-state index contributed by atoms with van der Waals surface area (Å²) < 4.78 is 15.6. The topological polar surface area (TPSA) is 155 Å². The van der Waals surface area contributed by atoms with Crippen molar-refractivity contribution >= 4 is 17.8 Å². The number of nitrogens with zero attached hydrogens (tertiary/aromatic N) is 1. The Labute approximate surface area is 189 Å². The fraction of sp³-hybridized carbons (Fsp3) is 0.381. The molecule has 0 atom stereocenters. The van der Waals surface area contributed by atoms with E-state index in [2.05, 4.69) is 15.5 Å². The average molecular weight is 463 g/mol. The van der Waals surface area contributed by atoms with E-state index >= 15 is 0 Å². The summed E-state index contributed by atoms with van der Waals surface area (Å²) >= 11 is 0. The van der Waals surface area contributed by atoms with Crippen molar-refractivity contribution in [2.24, 2.45) is 0 Å². The van der Waals surface area contributed by atoms with Gasteiger partial charge >= 0.3 is 11.9 Å². The Bertz CT molecular complexity index is 962. The number of carbonyl (C=O) groups is 3. The molecule has 1 aromatic rings. The molecule has 12 nitrogen and oxygen atoms in total. The molecular weight excluding hydrogens is 438 g/mol. The highest BCUT2D eigenvalue weighted by molar-refractivity contribution is 6.00. The Morgan fingerprint density at radius 1 is 1.06 bits per heavy atom. The van der Waals surface area contributed by atoms with E-state index in [9.17, 15) is 24.5 Å². The smallest absolute Gasteiger partial charge is 0.336 e. The van der Waals surface area contributed by atoms with E-state index in [-0.39, 0.29) is 30.0 Å². The van der Waals surface area contributed by atoms with E-state index < -0.39 is 35.5 Å². The largest absolute Gasteiger partial charge is 0.483 e. The molecule has 0 spiro atoms. The molecule has 0 bridgehead atoms. The summed E-state index contributed by atoms with van der Waals surface area (Å²) in [6.45, 7) is 2.57. The average Bonchev–Trinajstić information content (AvgIpc) is 2.79. The van der Waals surface area contributed by atoms with E-state index in [1.807, 2.05) is 0 Å². The van der Waals surface area contributed by atoms with Crippen molar-refractivity contribution < 1.29 is 38.5 Å². The molecule has 0 fully saturated rings. The lowest BCUT2D eigenvalue weighted by atomic mass is 9.80. The van der Waals surface area contributed by atoms with E-state index in [0.717, 1.165) is 0 Å². The molecule has 0 aliphatic carbocycles. The number of dihydropyridines is 1. The molecule has 0 radical (unpaired) electrons. The third-order valence-corrected chi connectivity index (χ3v) is 4.78. The number of allylic oxidation sites excluding steroid dienone is 2. The molecule has 2 N–H and O–H groups in total. The van der Waals surface area contributed by atoms with Gasteiger partial charge in [0.2, 0.25) is 0 Å². The number of amides is 1. The summed E-state index contributed by atoms with van der Waals surface area (Å²) in [6, 6.07) is 6.63. The van der Waals surface area contributed by atoms with Gasteiger partial charge < -0.3 is 29.7 Å². The highest BCUT2D eigenvalue weighted by atomic mass is 16.9. The van der Waals surface area contributed by atoms with Gasteiger partial charge in [0.05, 0.1) is 31.3 Å². The molecular formula is C21H25N3O9. The molecule has 178 valence electrons. The third-order valence-electron chi connectivity index (χ3n) is 4.78. The first-order valence-electron chi connectivity index (χ1n) is 9.82. The van der Waals surface area contributed by atoms with Crippen LogP contribution in [0.3, 0.4) is 0 Å². The first kappa shape index (κ1) is 25.2. The Morgan fingerprint density at radius 2 is 1.64 bits per heavy atom. The van der Waals surface area contributed by atoms with Crippen LogP contribution in [0.15, 0.2) is 46.8 Å². The minimum atomic E-state index is -0.958. The number of benzene rings is 1. The van der Waals surface area contributed by atoms with Gasteiger partial charge in [0.15, 0.2) is 6.61 Å². The van der Waals surface area contributed by atoms with Crippen LogP contribution in [-0.4, -0.2) is 56.9 Å². The summed E-state index contributed by atoms with van der Waals surface area (Å²) in [7, 11) is 2.47. The quantitative estimate of drug-likeness (QED) is 0.222. The Kier molecular flexibility index (Phi) is 8.78. The number of ether oxygens (including phenoxy) is 3. The molecule has 33 heavy (non-hydrogen) atoms. The van der Waals surface area contributed by atoms with E-state index in [0.29, 0.717) is 17.0 Å². The highest BCUT2D eigenvalue weighted by Gasteiger charge is 2.39. The van der Waals surface area contributed by atoms with Crippen LogP contribution >= 0.6 is 0 Å². The van der Waals surface area contributed by atoms with Gasteiger partial charge in [-0.25, -0.2) is 9.59 Å². The van der Waals surface area contributed by atoms with Gasteiger partial charge in [-0.05, 0) is 19.9 Å². The SMILES string of the molecule is COC(=O)C1=C(C)NC(C)=C(C(=O)OC)C1c1ccccc1OCC(=O)NCCO[N+](=O)[O-]. The predicted octanol–water partition coefficient (Wildman–Crippen LogP) is 0.971. The maximum Gasteiger partial charge on any atom is 0.336 e. The summed E-state index contributed by atoms with van der Waals surface area (Å²) in [5.41, 5.74) is 1.83. The van der Waals surface area contributed by atoms with Gasteiger partial charge in [0.25, 0.3) is 11.0 Å². The van der Waals surface area contributed by atoms with Crippen molar-refractivity contribution in [2.75, 3.05) is 34.0 Å². The van der Waals surface area contributed by atoms with E-state index in [4.69, 9.17) is 14.2 Å². The molecule has 1 aliphatic heterocycles. The van der Waals surface area contributed by atoms with Crippen LogP contribution in [0.25, 0.3) is 0 Å². The summed E-state index contributed by atoms with van der Waals surface area (Å²) in [6.07, 6.45) is 0. The zero-order valence-electron chi connectivity index (χ0n) is 18.6. The summed E-state index contributed by atoms with van der Waals surface area (Å²) in [4.78, 5) is 51.6. The number of nitrogens with one attached hydrogen (secondary N) is 2. The maximum atomic E-state index is 12.6. The maximum absolute atomic E-state index is 12.6. The predicted molar refractivity (Wildman–Crippen MR) is 113 cm³/mol. The number of esters is 2. The van der Waals surface area contributed by atoms with Gasteiger partial charge in [0.1, 0.15) is 12.4 Å². The lowest BCUT2D eigenvalue weighted by Crippen LogP contribution is -2.33. The molecule has 1 amide bonds. The molecule has 0 saturated heterocycles. The first-order chi connectivity index (χ1) is 15.7. The summed E-state index contributed by atoms with van der Waals surface area (Å²) in [5.74, 6) is -2.44. The van der Waals surface area contributed by atoms with Crippen molar-refractivity contribution in [2.45, 2.75) is 19.8 Å². The number of methoxy groups -OCH3 is 2. The fourth-order valence-electron chi connectivity index (χ4n) is 3.42. The minimum Gasteiger partial charge on any atom is -0.483 e. The fourth-order valence-corrected chi connectivity index (χ4v) is 3.42. The van der Waals surface area contributed by atoms with Crippen molar-refractivity contribution in [1.29, 1.82) is 0 Å². The van der Waals surface area contributed by atoms with Gasteiger partial charge in [-0.1, -0.05) is 18.2 Å². The van der Waals surface area contributed by atoms with Gasteiger partial charge in [0, 0.05) is 23.5 Å². The lowest BCUT2D eigenvalue weighted by molar-refractivity contribution is -0.757. The number of hydrogen-bond donors (Lipinski definition) is 2. The van der Waals surface area contributed by atoms with Gasteiger partial charge in [-0.3, -0.25) is 4.79 Å². The van der Waals surface area contributed by atoms with Crippen LogP contribution in [0.4, 0.5) is 0 Å². The number of rotatable bonds is 10. The van der Waals surface area contributed by atoms with Gasteiger partial charge in [-0.15, -0.1) is 10.1 Å². The van der Waals surface area contributed by atoms with Crippen molar-refractivity contribution in [3.8, 4) is 5.75 Å². The van der Waals surface area contributed by atoms with Crippen LogP contribution in [0.5, 0.6) is 5.75 Å². The summed E-state index contributed by atoms with van der Waals surface area (Å²) in [5, 5.41) is 14.6. The highest BCUT2D eigenvalue weighted by Crippen LogP contribution is 2.42. The second-order valence-electron chi connectivity index (χ2n) is 6.85. The number of para-hydroxylation sites is 1. The van der Waals surface area contributed by atoms with Crippen LogP contribution in [0, 0.1) is 10.1 Å².